The minimum absolute atomic E-state index is 0.678. The Labute approximate surface area is 104 Å². The van der Waals surface area contributed by atoms with Crippen LogP contribution in [-0.2, 0) is 6.54 Å². The van der Waals surface area contributed by atoms with Crippen molar-refractivity contribution in [1.29, 1.82) is 0 Å². The number of fused-ring (bicyclic) bond motifs is 1. The predicted molar refractivity (Wildman–Crippen MR) is 67.3 cm³/mol. The van der Waals surface area contributed by atoms with Gasteiger partial charge in [0.2, 0.25) is 0 Å². The van der Waals surface area contributed by atoms with Gasteiger partial charge < -0.3 is 9.30 Å². The highest BCUT2D eigenvalue weighted by Gasteiger charge is 2.12. The lowest BCUT2D eigenvalue weighted by molar-refractivity contribution is 0.415. The fourth-order valence-corrected chi connectivity index (χ4v) is 2.12. The minimum atomic E-state index is 0.678. The lowest BCUT2D eigenvalue weighted by Gasteiger charge is -2.03. The zero-order valence-electron chi connectivity index (χ0n) is 10.2. The molecule has 3 aromatic rings. The molecule has 0 spiro atoms. The van der Waals surface area contributed by atoms with E-state index in [4.69, 9.17) is 4.74 Å². The number of hydrogen-bond acceptors (Lipinski definition) is 4. The summed E-state index contributed by atoms with van der Waals surface area (Å²) >= 11 is 0. The highest BCUT2D eigenvalue weighted by molar-refractivity contribution is 5.95. The Morgan fingerprint density at radius 3 is 2.94 bits per heavy atom. The molecule has 0 amide bonds. The van der Waals surface area contributed by atoms with Gasteiger partial charge in [0, 0.05) is 29.8 Å². The molecule has 0 bridgehead atoms. The third-order valence-electron chi connectivity index (χ3n) is 3.03. The van der Waals surface area contributed by atoms with Crippen molar-refractivity contribution in [2.75, 3.05) is 7.11 Å². The first kappa shape index (κ1) is 10.8. The van der Waals surface area contributed by atoms with Crippen LogP contribution >= 0.6 is 0 Å². The average Bonchev–Trinajstić information content (AvgIpc) is 3.04. The molecular weight excluding hydrogens is 230 g/mol. The Morgan fingerprint density at radius 2 is 2.28 bits per heavy atom. The second kappa shape index (κ2) is 4.14. The van der Waals surface area contributed by atoms with Gasteiger partial charge in [-0.05, 0) is 29.5 Å². The first-order valence-corrected chi connectivity index (χ1v) is 5.74. The van der Waals surface area contributed by atoms with E-state index < -0.39 is 0 Å². The maximum Gasteiger partial charge on any atom is 0.181 e. The summed E-state index contributed by atoms with van der Waals surface area (Å²) in [6, 6.07) is 5.99. The maximum atomic E-state index is 5.26. The van der Waals surface area contributed by atoms with Gasteiger partial charge in [0.15, 0.2) is 5.82 Å². The molecule has 0 saturated heterocycles. The highest BCUT2D eigenvalue weighted by atomic mass is 16.5. The molecule has 6 nitrogen and oxygen atoms in total. The van der Waals surface area contributed by atoms with Crippen LogP contribution in [0, 0.1) is 0 Å². The fraction of sp³-hybridized carbons (Fsp3) is 0.250. The number of methoxy groups -OCH3 is 1. The molecule has 0 saturated carbocycles. The summed E-state index contributed by atoms with van der Waals surface area (Å²) in [5.74, 6) is 1.52. The van der Waals surface area contributed by atoms with Gasteiger partial charge in [-0.3, -0.25) is 0 Å². The van der Waals surface area contributed by atoms with Gasteiger partial charge in [0.25, 0.3) is 0 Å². The number of tetrazole rings is 1. The van der Waals surface area contributed by atoms with E-state index in [9.17, 15) is 0 Å². The monoisotopic (exact) mass is 243 g/mol. The highest BCUT2D eigenvalue weighted by Crippen LogP contribution is 2.30. The first-order valence-electron chi connectivity index (χ1n) is 5.74. The maximum absolute atomic E-state index is 5.26. The molecule has 0 aliphatic heterocycles. The summed E-state index contributed by atoms with van der Waals surface area (Å²) < 4.78 is 7.41. The zero-order valence-corrected chi connectivity index (χ0v) is 10.2. The van der Waals surface area contributed by atoms with E-state index in [1.165, 1.54) is 0 Å². The van der Waals surface area contributed by atoms with Gasteiger partial charge in [-0.25, -0.2) is 5.10 Å². The molecule has 0 aliphatic carbocycles. The number of hydrogen-bond donors (Lipinski definition) is 1. The van der Waals surface area contributed by atoms with E-state index >= 15 is 0 Å². The number of nitrogens with one attached hydrogen (secondary N) is 1. The summed E-state index contributed by atoms with van der Waals surface area (Å²) in [5.41, 5.74) is 2.11. The lowest BCUT2D eigenvalue weighted by Crippen LogP contribution is -1.91. The Kier molecular flexibility index (Phi) is 2.47. The molecule has 3 rings (SSSR count). The van der Waals surface area contributed by atoms with Crippen molar-refractivity contribution in [3.8, 4) is 17.1 Å². The van der Waals surface area contributed by atoms with Crippen molar-refractivity contribution in [2.24, 2.45) is 0 Å². The van der Waals surface area contributed by atoms with Crippen LogP contribution in [0.25, 0.3) is 22.3 Å². The average molecular weight is 243 g/mol. The number of ether oxygens (including phenoxy) is 1. The van der Waals surface area contributed by atoms with Crippen LogP contribution in [0.15, 0.2) is 24.4 Å². The van der Waals surface area contributed by atoms with E-state index in [-0.39, 0.29) is 0 Å². The number of aromatic nitrogens is 5. The van der Waals surface area contributed by atoms with Gasteiger partial charge in [-0.2, -0.15) is 0 Å². The molecule has 0 aliphatic rings. The van der Waals surface area contributed by atoms with E-state index in [1.807, 2.05) is 24.4 Å². The van der Waals surface area contributed by atoms with Crippen molar-refractivity contribution in [3.63, 3.8) is 0 Å². The molecule has 0 fully saturated rings. The summed E-state index contributed by atoms with van der Waals surface area (Å²) in [4.78, 5) is 0. The Morgan fingerprint density at radius 1 is 1.39 bits per heavy atom. The Hall–Kier alpha value is -2.37. The van der Waals surface area contributed by atoms with E-state index in [0.29, 0.717) is 5.82 Å². The van der Waals surface area contributed by atoms with Crippen molar-refractivity contribution in [2.45, 2.75) is 13.5 Å². The molecular formula is C12H13N5O. The SMILES string of the molecule is CCn1cc(-c2nnn[nH]2)c2ccc(OC)cc21. The van der Waals surface area contributed by atoms with Crippen LogP contribution in [0.2, 0.25) is 0 Å². The third kappa shape index (κ3) is 1.54. The molecule has 0 unspecified atom stereocenters. The zero-order chi connectivity index (χ0) is 12.5. The van der Waals surface area contributed by atoms with Crippen LogP contribution in [0.5, 0.6) is 5.75 Å². The third-order valence-corrected chi connectivity index (χ3v) is 3.03. The quantitative estimate of drug-likeness (QED) is 0.762. The van der Waals surface area contributed by atoms with Crippen LogP contribution in [0.3, 0.4) is 0 Å². The van der Waals surface area contributed by atoms with E-state index in [2.05, 4.69) is 32.1 Å². The van der Waals surface area contributed by atoms with Crippen LogP contribution in [-0.4, -0.2) is 32.3 Å². The normalized spacial score (nSPS) is 11.0. The molecule has 2 heterocycles. The van der Waals surface area contributed by atoms with Gasteiger partial charge in [-0.15, -0.1) is 5.10 Å². The lowest BCUT2D eigenvalue weighted by atomic mass is 10.1. The second-order valence-corrected chi connectivity index (χ2v) is 3.96. The molecule has 18 heavy (non-hydrogen) atoms. The van der Waals surface area contributed by atoms with Gasteiger partial charge in [0.1, 0.15) is 5.75 Å². The van der Waals surface area contributed by atoms with Crippen molar-refractivity contribution in [3.05, 3.63) is 24.4 Å². The topological polar surface area (TPSA) is 68.6 Å². The van der Waals surface area contributed by atoms with Gasteiger partial charge >= 0.3 is 0 Å². The minimum Gasteiger partial charge on any atom is -0.497 e. The second-order valence-electron chi connectivity index (χ2n) is 3.96. The van der Waals surface area contributed by atoms with E-state index in [1.54, 1.807) is 7.11 Å². The molecule has 0 radical (unpaired) electrons. The molecule has 6 heteroatoms. The fourth-order valence-electron chi connectivity index (χ4n) is 2.12. The molecule has 0 atom stereocenters. The van der Waals surface area contributed by atoms with Gasteiger partial charge in [0.05, 0.1) is 12.6 Å². The van der Waals surface area contributed by atoms with Crippen LogP contribution in [0.4, 0.5) is 0 Å². The number of rotatable bonds is 3. The van der Waals surface area contributed by atoms with Crippen LogP contribution in [0.1, 0.15) is 6.92 Å². The largest absolute Gasteiger partial charge is 0.497 e. The first-order chi connectivity index (χ1) is 8.83. The predicted octanol–water partition coefficient (Wildman–Crippen LogP) is 1.85. The standard InChI is InChI=1S/C12H13N5O/c1-3-17-7-10(12-13-15-16-14-12)9-5-4-8(18-2)6-11(9)17/h4-7H,3H2,1-2H3,(H,13,14,15,16). The number of benzene rings is 1. The molecule has 1 N–H and O–H groups in total. The summed E-state index contributed by atoms with van der Waals surface area (Å²) in [5, 5.41) is 15.1. The van der Waals surface area contributed by atoms with E-state index in [0.717, 1.165) is 28.8 Å². The summed E-state index contributed by atoms with van der Waals surface area (Å²) in [7, 11) is 1.67. The summed E-state index contributed by atoms with van der Waals surface area (Å²) in [6.07, 6.45) is 2.05. The van der Waals surface area contributed by atoms with Crippen molar-refractivity contribution < 1.29 is 4.74 Å². The van der Waals surface area contributed by atoms with Gasteiger partial charge in [-0.1, -0.05) is 0 Å². The van der Waals surface area contributed by atoms with Crippen molar-refractivity contribution >= 4 is 10.9 Å². The van der Waals surface area contributed by atoms with Crippen molar-refractivity contribution in [1.82, 2.24) is 25.2 Å². The number of aryl methyl sites for hydroxylation is 1. The van der Waals surface area contributed by atoms with Crippen LogP contribution < -0.4 is 4.74 Å². The Balaban J connectivity index is 2.28. The number of H-pyrrole nitrogens is 1. The summed E-state index contributed by atoms with van der Waals surface area (Å²) in [6.45, 7) is 2.98. The molecule has 2 aromatic heterocycles. The molecule has 1 aromatic carbocycles. The smallest absolute Gasteiger partial charge is 0.181 e. The number of aromatic amines is 1. The Bertz CT molecular complexity index is 671. The number of nitrogens with zero attached hydrogens (tertiary/aromatic N) is 4. The molecule has 92 valence electrons.